The zero-order valence-corrected chi connectivity index (χ0v) is 11.1. The third kappa shape index (κ3) is 3.00. The third-order valence-corrected chi connectivity index (χ3v) is 2.80. The first kappa shape index (κ1) is 12.9. The van der Waals surface area contributed by atoms with Gasteiger partial charge in [-0.1, -0.05) is 16.8 Å². The topological polar surface area (TPSA) is 68.2 Å². The highest BCUT2D eigenvalue weighted by molar-refractivity contribution is 6.33. The fourth-order valence-electron chi connectivity index (χ4n) is 1.50. The zero-order chi connectivity index (χ0) is 13.1. The second-order valence-electron chi connectivity index (χ2n) is 4.31. The molecule has 0 atom stereocenters. The Morgan fingerprint density at radius 1 is 1.39 bits per heavy atom. The Morgan fingerprint density at radius 2 is 2.17 bits per heavy atom. The first-order valence-electron chi connectivity index (χ1n) is 5.59. The lowest BCUT2D eigenvalue weighted by atomic mass is 10.2. The molecule has 0 fully saturated rings. The molecule has 0 radical (unpaired) electrons. The summed E-state index contributed by atoms with van der Waals surface area (Å²) in [4.78, 5) is 6.37. The van der Waals surface area contributed by atoms with E-state index in [2.05, 4.69) is 15.0 Å². The number of aromatic nitrogens is 2. The number of rotatable bonds is 4. The molecule has 0 saturated heterocycles. The van der Waals surface area contributed by atoms with Gasteiger partial charge in [-0.05, 0) is 32.3 Å². The first-order chi connectivity index (χ1) is 8.56. The summed E-state index contributed by atoms with van der Waals surface area (Å²) in [6.45, 7) is 0.865. The largest absolute Gasteiger partial charge is 0.399 e. The second-order valence-corrected chi connectivity index (χ2v) is 4.72. The highest BCUT2D eigenvalue weighted by Gasteiger charge is 2.12. The summed E-state index contributed by atoms with van der Waals surface area (Å²) in [5.41, 5.74) is 7.00. The summed E-state index contributed by atoms with van der Waals surface area (Å²) >= 11 is 6.08. The Labute approximate surface area is 111 Å². The van der Waals surface area contributed by atoms with Crippen molar-refractivity contribution in [2.75, 3.05) is 26.4 Å². The Hall–Kier alpha value is -1.59. The lowest BCUT2D eigenvalue weighted by Gasteiger charge is -2.05. The van der Waals surface area contributed by atoms with Crippen LogP contribution in [0.5, 0.6) is 0 Å². The van der Waals surface area contributed by atoms with E-state index in [9.17, 15) is 0 Å². The summed E-state index contributed by atoms with van der Waals surface area (Å²) in [6.07, 6.45) is 0.733. The van der Waals surface area contributed by atoms with Gasteiger partial charge in [0.25, 0.3) is 5.89 Å². The molecule has 1 aromatic heterocycles. The van der Waals surface area contributed by atoms with Crippen molar-refractivity contribution < 1.29 is 4.52 Å². The lowest BCUT2D eigenvalue weighted by Crippen LogP contribution is -2.15. The van der Waals surface area contributed by atoms with Gasteiger partial charge in [0.05, 0.1) is 10.6 Å². The number of likely N-dealkylation sites (N-methyl/N-ethyl adjacent to an activating group) is 1. The quantitative estimate of drug-likeness (QED) is 0.858. The minimum atomic E-state index is 0.404. The van der Waals surface area contributed by atoms with Crippen molar-refractivity contribution in [3.05, 3.63) is 29.0 Å². The summed E-state index contributed by atoms with van der Waals surface area (Å²) < 4.78 is 5.20. The van der Waals surface area contributed by atoms with Crippen LogP contribution in [0.3, 0.4) is 0 Å². The summed E-state index contributed by atoms with van der Waals surface area (Å²) in [6, 6.07) is 5.18. The monoisotopic (exact) mass is 266 g/mol. The molecule has 5 nitrogen and oxygen atoms in total. The molecule has 0 saturated carbocycles. The van der Waals surface area contributed by atoms with E-state index < -0.39 is 0 Å². The van der Waals surface area contributed by atoms with Gasteiger partial charge in [-0.2, -0.15) is 4.98 Å². The number of halogens is 1. The van der Waals surface area contributed by atoms with Crippen molar-refractivity contribution in [3.8, 4) is 11.5 Å². The molecule has 0 spiro atoms. The molecular formula is C12H15ClN4O. The molecule has 2 rings (SSSR count). The van der Waals surface area contributed by atoms with Crippen molar-refractivity contribution in [1.82, 2.24) is 15.0 Å². The number of nitrogens with two attached hydrogens (primary N) is 1. The number of hydrogen-bond donors (Lipinski definition) is 1. The Balaban J connectivity index is 2.21. The van der Waals surface area contributed by atoms with Crippen LogP contribution in [0.1, 0.15) is 5.82 Å². The predicted octanol–water partition coefficient (Wildman–Crippen LogP) is 2.08. The zero-order valence-electron chi connectivity index (χ0n) is 10.4. The van der Waals surface area contributed by atoms with Crippen LogP contribution < -0.4 is 5.73 Å². The van der Waals surface area contributed by atoms with Crippen LogP contribution in [-0.4, -0.2) is 35.7 Å². The van der Waals surface area contributed by atoms with Crippen LogP contribution in [0.2, 0.25) is 5.02 Å². The molecule has 0 aliphatic rings. The number of nitrogen functional groups attached to an aromatic ring is 1. The van der Waals surface area contributed by atoms with Crippen LogP contribution >= 0.6 is 11.6 Å². The van der Waals surface area contributed by atoms with Gasteiger partial charge >= 0.3 is 0 Å². The number of nitrogens with zero attached hydrogens (tertiary/aromatic N) is 3. The predicted molar refractivity (Wildman–Crippen MR) is 71.4 cm³/mol. The van der Waals surface area contributed by atoms with Crippen LogP contribution in [-0.2, 0) is 6.42 Å². The Kier molecular flexibility index (Phi) is 3.84. The van der Waals surface area contributed by atoms with Crippen LogP contribution in [0.4, 0.5) is 5.69 Å². The fourth-order valence-corrected chi connectivity index (χ4v) is 1.69. The third-order valence-electron chi connectivity index (χ3n) is 2.47. The van der Waals surface area contributed by atoms with Crippen molar-refractivity contribution in [2.45, 2.75) is 6.42 Å². The van der Waals surface area contributed by atoms with Crippen molar-refractivity contribution >= 4 is 17.3 Å². The van der Waals surface area contributed by atoms with E-state index in [4.69, 9.17) is 21.9 Å². The molecule has 96 valence electrons. The molecule has 2 N–H and O–H groups in total. The van der Waals surface area contributed by atoms with Gasteiger partial charge in [0.1, 0.15) is 0 Å². The maximum atomic E-state index is 6.08. The van der Waals surface area contributed by atoms with E-state index in [0.29, 0.717) is 28.0 Å². The molecule has 18 heavy (non-hydrogen) atoms. The van der Waals surface area contributed by atoms with E-state index in [1.807, 2.05) is 14.1 Å². The molecule has 0 amide bonds. The summed E-state index contributed by atoms with van der Waals surface area (Å²) in [7, 11) is 3.99. The molecule has 0 unspecified atom stereocenters. The standard InChI is InChI=1S/C12H15ClN4O/c1-17(2)6-5-11-15-12(18-16-11)9-7-8(14)3-4-10(9)13/h3-4,7H,5-6,14H2,1-2H3. The molecule has 0 aliphatic heterocycles. The highest BCUT2D eigenvalue weighted by atomic mass is 35.5. The average molecular weight is 267 g/mol. The maximum Gasteiger partial charge on any atom is 0.259 e. The smallest absolute Gasteiger partial charge is 0.259 e. The van der Waals surface area contributed by atoms with E-state index >= 15 is 0 Å². The Bertz CT molecular complexity index is 539. The van der Waals surface area contributed by atoms with Crippen LogP contribution in [0, 0.1) is 0 Å². The van der Waals surface area contributed by atoms with Crippen LogP contribution in [0.15, 0.2) is 22.7 Å². The van der Waals surface area contributed by atoms with E-state index in [1.165, 1.54) is 0 Å². The molecule has 1 heterocycles. The second kappa shape index (κ2) is 5.37. The number of anilines is 1. The summed E-state index contributed by atoms with van der Waals surface area (Å²) in [5, 5.41) is 4.47. The molecular weight excluding hydrogens is 252 g/mol. The molecule has 6 heteroatoms. The van der Waals surface area contributed by atoms with Gasteiger partial charge in [-0.25, -0.2) is 0 Å². The first-order valence-corrected chi connectivity index (χ1v) is 5.97. The molecule has 2 aromatic rings. The normalized spacial score (nSPS) is 11.1. The van der Waals surface area contributed by atoms with Crippen molar-refractivity contribution in [3.63, 3.8) is 0 Å². The molecule has 0 aliphatic carbocycles. The van der Waals surface area contributed by atoms with Gasteiger partial charge in [-0.15, -0.1) is 0 Å². The number of benzene rings is 1. The van der Waals surface area contributed by atoms with Crippen LogP contribution in [0.25, 0.3) is 11.5 Å². The summed E-state index contributed by atoms with van der Waals surface area (Å²) in [5.74, 6) is 1.07. The minimum absolute atomic E-state index is 0.404. The van der Waals surface area contributed by atoms with E-state index in [-0.39, 0.29) is 0 Å². The van der Waals surface area contributed by atoms with Crippen molar-refractivity contribution in [1.29, 1.82) is 0 Å². The van der Waals surface area contributed by atoms with E-state index in [0.717, 1.165) is 13.0 Å². The van der Waals surface area contributed by atoms with Gasteiger partial charge < -0.3 is 15.2 Å². The Morgan fingerprint density at radius 3 is 2.89 bits per heavy atom. The average Bonchev–Trinajstić information content (AvgIpc) is 2.78. The van der Waals surface area contributed by atoms with Crippen molar-refractivity contribution in [2.24, 2.45) is 0 Å². The molecule has 1 aromatic carbocycles. The van der Waals surface area contributed by atoms with Gasteiger partial charge in [0.2, 0.25) is 0 Å². The highest BCUT2D eigenvalue weighted by Crippen LogP contribution is 2.28. The minimum Gasteiger partial charge on any atom is -0.399 e. The van der Waals surface area contributed by atoms with Gasteiger partial charge in [-0.3, -0.25) is 0 Å². The number of hydrogen-bond acceptors (Lipinski definition) is 5. The fraction of sp³-hybridized carbons (Fsp3) is 0.333. The van der Waals surface area contributed by atoms with E-state index in [1.54, 1.807) is 18.2 Å². The maximum absolute atomic E-state index is 6.08. The lowest BCUT2D eigenvalue weighted by molar-refractivity contribution is 0.392. The SMILES string of the molecule is CN(C)CCc1noc(-c2cc(N)ccc2Cl)n1. The van der Waals surface area contributed by atoms with Gasteiger partial charge in [0.15, 0.2) is 5.82 Å². The van der Waals surface area contributed by atoms with Gasteiger partial charge in [0, 0.05) is 18.7 Å². The molecule has 0 bridgehead atoms.